The molecule has 2 N–H and O–H groups in total. The monoisotopic (exact) mass is 286 g/mol. The van der Waals surface area contributed by atoms with E-state index in [1.165, 1.54) is 6.92 Å². The van der Waals surface area contributed by atoms with Crippen LogP contribution in [0.5, 0.6) is 5.75 Å². The van der Waals surface area contributed by atoms with Crippen LogP contribution in [-0.2, 0) is 4.79 Å². The van der Waals surface area contributed by atoms with Crippen molar-refractivity contribution in [2.24, 2.45) is 0 Å². The topological polar surface area (TPSA) is 66.8 Å². The Morgan fingerprint density at radius 1 is 1.47 bits per heavy atom. The minimum atomic E-state index is -1.91. The number of carboxylic acid groups (broad SMARTS) is 1. The van der Waals surface area contributed by atoms with E-state index < -0.39 is 11.6 Å². The fourth-order valence-electron chi connectivity index (χ4n) is 1.53. The summed E-state index contributed by atoms with van der Waals surface area (Å²) in [4.78, 5) is 10.8. The Kier molecular flexibility index (Phi) is 4.82. The molecule has 0 aliphatic carbocycles. The maximum atomic E-state index is 10.8. The van der Waals surface area contributed by atoms with Gasteiger partial charge in [0.25, 0.3) is 0 Å². The smallest absolute Gasteiger partial charge is 0.339 e. The lowest BCUT2D eigenvalue weighted by Crippen LogP contribution is -2.41. The van der Waals surface area contributed by atoms with Crippen LogP contribution in [0.25, 0.3) is 0 Å². The number of hydrogen-bond acceptors (Lipinski definition) is 3. The van der Waals surface area contributed by atoms with Gasteiger partial charge in [-0.3, -0.25) is 0 Å². The summed E-state index contributed by atoms with van der Waals surface area (Å²) in [6.45, 7) is 6.71. The van der Waals surface area contributed by atoms with Crippen LogP contribution in [0.4, 0.5) is 0 Å². The molecular formula is C14H19ClO4. The molecule has 0 saturated carbocycles. The Labute approximate surface area is 118 Å². The highest BCUT2D eigenvalue weighted by atomic mass is 35.5. The number of aliphatic carboxylic acids is 1. The predicted octanol–water partition coefficient (Wildman–Crippen LogP) is 2.99. The zero-order valence-electron chi connectivity index (χ0n) is 11.5. The average Bonchev–Trinajstić information content (AvgIpc) is 2.29. The first kappa shape index (κ1) is 15.8. The van der Waals surface area contributed by atoms with Gasteiger partial charge in [-0.1, -0.05) is 25.4 Å². The van der Waals surface area contributed by atoms with Crippen LogP contribution in [0, 0.1) is 6.92 Å². The fraction of sp³-hybridized carbons (Fsp3) is 0.500. The number of ether oxygens (including phenoxy) is 1. The molecule has 0 spiro atoms. The molecule has 1 rings (SSSR count). The summed E-state index contributed by atoms with van der Waals surface area (Å²) in [5.41, 5.74) is -0.185. The van der Waals surface area contributed by atoms with Crippen LogP contribution >= 0.6 is 11.6 Å². The van der Waals surface area contributed by atoms with Crippen molar-refractivity contribution in [1.82, 2.24) is 0 Å². The van der Waals surface area contributed by atoms with Gasteiger partial charge in [0.05, 0.1) is 0 Å². The normalized spacial score (nSPS) is 14.3. The van der Waals surface area contributed by atoms with Crippen molar-refractivity contribution in [3.8, 4) is 5.75 Å². The van der Waals surface area contributed by atoms with Gasteiger partial charge in [0.15, 0.2) is 5.60 Å². The van der Waals surface area contributed by atoms with E-state index in [1.54, 1.807) is 6.07 Å². The fourth-order valence-corrected chi connectivity index (χ4v) is 1.70. The van der Waals surface area contributed by atoms with Gasteiger partial charge in [-0.15, -0.1) is 0 Å². The summed E-state index contributed by atoms with van der Waals surface area (Å²) >= 11 is 6.07. The molecule has 1 atom stereocenters. The number of hydrogen-bond donors (Lipinski definition) is 2. The van der Waals surface area contributed by atoms with Crippen LogP contribution in [0.15, 0.2) is 12.1 Å². The van der Waals surface area contributed by atoms with Gasteiger partial charge >= 0.3 is 5.97 Å². The Morgan fingerprint density at radius 2 is 2.05 bits per heavy atom. The second-order valence-electron chi connectivity index (χ2n) is 5.16. The minimum Gasteiger partial charge on any atom is -0.490 e. The quantitative estimate of drug-likeness (QED) is 0.873. The molecule has 0 aliphatic heterocycles. The lowest BCUT2D eigenvalue weighted by atomic mass is 10.0. The first-order chi connectivity index (χ1) is 8.65. The molecular weight excluding hydrogens is 268 g/mol. The minimum absolute atomic E-state index is 0.183. The average molecular weight is 287 g/mol. The standard InChI is InChI=1S/C14H19ClO4/c1-8(2)10-6-11(15)9(3)5-12(10)19-7-14(4,18)13(16)17/h5-6,8,18H,7H2,1-4H3,(H,16,17). The van der Waals surface area contributed by atoms with Gasteiger partial charge < -0.3 is 14.9 Å². The zero-order chi connectivity index (χ0) is 14.8. The van der Waals surface area contributed by atoms with Crippen LogP contribution in [0.3, 0.4) is 0 Å². The number of rotatable bonds is 5. The van der Waals surface area contributed by atoms with Crippen molar-refractivity contribution in [3.05, 3.63) is 28.3 Å². The molecule has 0 bridgehead atoms. The van der Waals surface area contributed by atoms with Crippen molar-refractivity contribution >= 4 is 17.6 Å². The third-order valence-corrected chi connectivity index (χ3v) is 3.29. The third-order valence-electron chi connectivity index (χ3n) is 2.88. The molecule has 1 aromatic rings. The Hall–Kier alpha value is -1.26. The first-order valence-electron chi connectivity index (χ1n) is 6.03. The van der Waals surface area contributed by atoms with Gasteiger partial charge in [-0.25, -0.2) is 4.79 Å². The number of aryl methyl sites for hydroxylation is 1. The van der Waals surface area contributed by atoms with Crippen molar-refractivity contribution in [1.29, 1.82) is 0 Å². The number of carbonyl (C=O) groups is 1. The molecule has 0 saturated heterocycles. The van der Waals surface area contributed by atoms with E-state index in [0.29, 0.717) is 10.8 Å². The van der Waals surface area contributed by atoms with Gasteiger partial charge in [-0.2, -0.15) is 0 Å². The van der Waals surface area contributed by atoms with Crippen molar-refractivity contribution in [2.45, 2.75) is 39.2 Å². The SMILES string of the molecule is Cc1cc(OCC(C)(O)C(=O)O)c(C(C)C)cc1Cl. The summed E-state index contributed by atoms with van der Waals surface area (Å²) in [7, 11) is 0. The Balaban J connectivity index is 3.01. The maximum Gasteiger partial charge on any atom is 0.339 e. The molecule has 1 aromatic carbocycles. The number of carboxylic acids is 1. The van der Waals surface area contributed by atoms with E-state index in [1.807, 2.05) is 26.8 Å². The van der Waals surface area contributed by atoms with E-state index in [4.69, 9.17) is 21.4 Å². The molecule has 1 unspecified atom stereocenters. The summed E-state index contributed by atoms with van der Waals surface area (Å²) in [5.74, 6) is -0.578. The molecule has 0 aliphatic rings. The van der Waals surface area contributed by atoms with E-state index in [-0.39, 0.29) is 12.5 Å². The van der Waals surface area contributed by atoms with E-state index in [2.05, 4.69) is 0 Å². The third kappa shape index (κ3) is 3.85. The van der Waals surface area contributed by atoms with E-state index in [0.717, 1.165) is 11.1 Å². The summed E-state index contributed by atoms with van der Waals surface area (Å²) in [6, 6.07) is 3.57. The van der Waals surface area contributed by atoms with Crippen LogP contribution in [0.2, 0.25) is 5.02 Å². The lowest BCUT2D eigenvalue weighted by Gasteiger charge is -2.21. The van der Waals surface area contributed by atoms with Crippen LogP contribution < -0.4 is 4.74 Å². The zero-order valence-corrected chi connectivity index (χ0v) is 12.3. The van der Waals surface area contributed by atoms with Gasteiger partial charge in [0, 0.05) is 5.02 Å². The van der Waals surface area contributed by atoms with Crippen molar-refractivity contribution < 1.29 is 19.7 Å². The van der Waals surface area contributed by atoms with Gasteiger partial charge in [0.1, 0.15) is 12.4 Å². The van der Waals surface area contributed by atoms with Gasteiger partial charge in [-0.05, 0) is 43.0 Å². The summed E-state index contributed by atoms with van der Waals surface area (Å²) in [5, 5.41) is 19.1. The van der Waals surface area contributed by atoms with Crippen LogP contribution in [-0.4, -0.2) is 28.4 Å². The lowest BCUT2D eigenvalue weighted by molar-refractivity contribution is -0.159. The highest BCUT2D eigenvalue weighted by Crippen LogP contribution is 2.32. The number of halogens is 1. The Bertz CT molecular complexity index is 481. The van der Waals surface area contributed by atoms with Crippen LogP contribution in [0.1, 0.15) is 37.8 Å². The highest BCUT2D eigenvalue weighted by molar-refractivity contribution is 6.31. The number of benzene rings is 1. The molecule has 5 heteroatoms. The molecule has 0 amide bonds. The van der Waals surface area contributed by atoms with Crippen molar-refractivity contribution in [3.63, 3.8) is 0 Å². The molecule has 0 fully saturated rings. The first-order valence-corrected chi connectivity index (χ1v) is 6.41. The number of aliphatic hydroxyl groups is 1. The second-order valence-corrected chi connectivity index (χ2v) is 5.57. The van der Waals surface area contributed by atoms with E-state index in [9.17, 15) is 9.90 Å². The molecule has 106 valence electrons. The molecule has 0 radical (unpaired) electrons. The predicted molar refractivity (Wildman–Crippen MR) is 74.0 cm³/mol. The molecule has 0 heterocycles. The molecule has 0 aromatic heterocycles. The Morgan fingerprint density at radius 3 is 2.53 bits per heavy atom. The summed E-state index contributed by atoms with van der Waals surface area (Å²) < 4.78 is 5.47. The molecule has 19 heavy (non-hydrogen) atoms. The largest absolute Gasteiger partial charge is 0.490 e. The van der Waals surface area contributed by atoms with Gasteiger partial charge in [0.2, 0.25) is 0 Å². The van der Waals surface area contributed by atoms with E-state index >= 15 is 0 Å². The molecule has 4 nitrogen and oxygen atoms in total. The second kappa shape index (κ2) is 5.80. The maximum absolute atomic E-state index is 10.8. The highest BCUT2D eigenvalue weighted by Gasteiger charge is 2.31. The van der Waals surface area contributed by atoms with Crippen molar-refractivity contribution in [2.75, 3.05) is 6.61 Å². The summed E-state index contributed by atoms with van der Waals surface area (Å²) in [6.07, 6.45) is 0.